The van der Waals surface area contributed by atoms with Gasteiger partial charge in [0.15, 0.2) is 0 Å². The minimum absolute atomic E-state index is 0.0222. The number of esters is 1. The summed E-state index contributed by atoms with van der Waals surface area (Å²) in [6.07, 6.45) is 57.0. The van der Waals surface area contributed by atoms with E-state index in [-0.39, 0.29) is 24.9 Å². The Balaban J connectivity index is 4.66. The Morgan fingerprint density at radius 3 is 1.45 bits per heavy atom. The molecule has 0 spiro atoms. The lowest BCUT2D eigenvalue weighted by molar-refractivity contribution is -0.150. The van der Waals surface area contributed by atoms with E-state index in [1.165, 1.54) is 128 Å². The molecule has 334 valence electrons. The van der Waals surface area contributed by atoms with Crippen LogP contribution in [0.1, 0.15) is 220 Å². The third-order valence-electron chi connectivity index (χ3n) is 10.6. The summed E-state index contributed by atoms with van der Waals surface area (Å²) in [5, 5.41) is 23.6. The highest BCUT2D eigenvalue weighted by molar-refractivity contribution is 5.77. The van der Waals surface area contributed by atoms with Crippen LogP contribution in [0.25, 0.3) is 0 Å². The second-order valence-electron chi connectivity index (χ2n) is 16.3. The Bertz CT molecular complexity index is 1090. The quantitative estimate of drug-likeness (QED) is 0.0247. The van der Waals surface area contributed by atoms with E-state index in [9.17, 15) is 19.8 Å². The van der Waals surface area contributed by atoms with E-state index in [0.717, 1.165) is 44.9 Å². The van der Waals surface area contributed by atoms with Crippen molar-refractivity contribution in [3.05, 3.63) is 72.9 Å². The number of carbonyl (C=O) groups excluding carboxylic acids is 2. The smallest absolute Gasteiger partial charge is 0.306 e. The Labute approximate surface area is 358 Å². The fourth-order valence-corrected chi connectivity index (χ4v) is 6.97. The van der Waals surface area contributed by atoms with Gasteiger partial charge in [0.25, 0.3) is 0 Å². The van der Waals surface area contributed by atoms with Gasteiger partial charge in [-0.25, -0.2) is 0 Å². The molecule has 0 rings (SSSR count). The molecule has 3 N–H and O–H groups in total. The van der Waals surface area contributed by atoms with Crippen molar-refractivity contribution in [1.29, 1.82) is 0 Å². The molecule has 0 aromatic rings. The fourth-order valence-electron chi connectivity index (χ4n) is 6.97. The molecule has 0 radical (unpaired) electrons. The van der Waals surface area contributed by atoms with E-state index in [4.69, 9.17) is 4.74 Å². The topological polar surface area (TPSA) is 95.9 Å². The summed E-state index contributed by atoms with van der Waals surface area (Å²) in [5.74, 6) is -0.615. The summed E-state index contributed by atoms with van der Waals surface area (Å²) in [5.41, 5.74) is 0. The van der Waals surface area contributed by atoms with Gasteiger partial charge in [0.05, 0.1) is 25.2 Å². The number of aliphatic hydroxyl groups is 2. The van der Waals surface area contributed by atoms with E-state index in [1.54, 1.807) is 0 Å². The molecule has 58 heavy (non-hydrogen) atoms. The van der Waals surface area contributed by atoms with Gasteiger partial charge in [-0.3, -0.25) is 9.59 Å². The third-order valence-corrected chi connectivity index (χ3v) is 10.6. The van der Waals surface area contributed by atoms with Crippen LogP contribution >= 0.6 is 0 Å². The molecule has 0 aliphatic rings. The number of allylic oxidation sites excluding steroid dienone is 11. The molecule has 0 saturated heterocycles. The molecule has 1 amide bonds. The number of aliphatic hydroxyl groups excluding tert-OH is 2. The Kier molecular flexibility index (Phi) is 43.3. The molecule has 0 bridgehead atoms. The lowest BCUT2D eigenvalue weighted by Gasteiger charge is -2.24. The zero-order valence-corrected chi connectivity index (χ0v) is 37.9. The van der Waals surface area contributed by atoms with Crippen LogP contribution in [0.5, 0.6) is 0 Å². The fraction of sp³-hybridized carbons (Fsp3) is 0.731. The average molecular weight is 810 g/mol. The van der Waals surface area contributed by atoms with Gasteiger partial charge < -0.3 is 20.3 Å². The second kappa shape index (κ2) is 45.4. The van der Waals surface area contributed by atoms with E-state index >= 15 is 0 Å². The predicted octanol–water partition coefficient (Wildman–Crippen LogP) is 14.2. The lowest BCUT2D eigenvalue weighted by Crippen LogP contribution is -2.46. The number of carbonyl (C=O) groups is 2. The molecule has 3 unspecified atom stereocenters. The molecule has 3 atom stereocenters. The molecule has 0 aromatic carbocycles. The summed E-state index contributed by atoms with van der Waals surface area (Å²) in [6.45, 7) is 6.28. The van der Waals surface area contributed by atoms with Gasteiger partial charge in [-0.1, -0.05) is 229 Å². The molecule has 0 fully saturated rings. The summed E-state index contributed by atoms with van der Waals surface area (Å²) >= 11 is 0. The monoisotopic (exact) mass is 810 g/mol. The van der Waals surface area contributed by atoms with Crippen molar-refractivity contribution < 1.29 is 24.5 Å². The van der Waals surface area contributed by atoms with Crippen LogP contribution in [0.2, 0.25) is 0 Å². The Morgan fingerprint density at radius 2 is 0.966 bits per heavy atom. The highest BCUT2D eigenvalue weighted by atomic mass is 16.5. The molecular formula is C52H91NO5. The van der Waals surface area contributed by atoms with Gasteiger partial charge in [0, 0.05) is 12.8 Å². The van der Waals surface area contributed by atoms with E-state index in [2.05, 4.69) is 44.3 Å². The van der Waals surface area contributed by atoms with Gasteiger partial charge in [0.2, 0.25) is 5.91 Å². The molecular weight excluding hydrogens is 719 g/mol. The molecule has 6 nitrogen and oxygen atoms in total. The van der Waals surface area contributed by atoms with Crippen molar-refractivity contribution in [1.82, 2.24) is 5.32 Å². The molecule has 0 aromatic heterocycles. The highest BCUT2D eigenvalue weighted by Gasteiger charge is 2.23. The number of hydrogen-bond acceptors (Lipinski definition) is 5. The minimum atomic E-state index is -0.819. The van der Waals surface area contributed by atoms with Gasteiger partial charge in [-0.05, 0) is 44.9 Å². The molecule has 0 heterocycles. The van der Waals surface area contributed by atoms with Gasteiger partial charge in [-0.15, -0.1) is 0 Å². The van der Waals surface area contributed by atoms with Crippen molar-refractivity contribution in [3.8, 4) is 0 Å². The first-order chi connectivity index (χ1) is 28.5. The Hall–Kier alpha value is -2.70. The summed E-state index contributed by atoms with van der Waals surface area (Å²) < 4.78 is 5.83. The first-order valence-corrected chi connectivity index (χ1v) is 24.2. The number of nitrogens with one attached hydrogen (secondary N) is 1. The largest absolute Gasteiger partial charge is 0.461 e. The number of amides is 1. The second-order valence-corrected chi connectivity index (χ2v) is 16.3. The van der Waals surface area contributed by atoms with Crippen LogP contribution < -0.4 is 5.32 Å². The number of hydrogen-bond donors (Lipinski definition) is 3. The van der Waals surface area contributed by atoms with Crippen molar-refractivity contribution in [2.75, 3.05) is 6.61 Å². The van der Waals surface area contributed by atoms with Crippen LogP contribution in [0.3, 0.4) is 0 Å². The predicted molar refractivity (Wildman–Crippen MR) is 250 cm³/mol. The zero-order chi connectivity index (χ0) is 42.4. The van der Waals surface area contributed by atoms with Crippen molar-refractivity contribution in [2.45, 2.75) is 238 Å². The first-order valence-electron chi connectivity index (χ1n) is 24.2. The van der Waals surface area contributed by atoms with Crippen molar-refractivity contribution in [2.24, 2.45) is 0 Å². The molecule has 6 heteroatoms. The third kappa shape index (κ3) is 40.1. The van der Waals surface area contributed by atoms with E-state index < -0.39 is 18.2 Å². The maximum absolute atomic E-state index is 13.1. The number of unbranched alkanes of at least 4 members (excludes halogenated alkanes) is 23. The SMILES string of the molecule is CC/C=C/C=C/C=C\C=C/C=C/CC(CC(=O)NC(CO)C(O)CCCCCCCCCCCCC)OC(=O)CCCCCCCCC/C=C/CCCCCCCC. The maximum atomic E-state index is 13.1. The minimum Gasteiger partial charge on any atom is -0.461 e. The van der Waals surface area contributed by atoms with Gasteiger partial charge in [-0.2, -0.15) is 0 Å². The van der Waals surface area contributed by atoms with Crippen LogP contribution in [-0.2, 0) is 14.3 Å². The summed E-state index contributed by atoms with van der Waals surface area (Å²) in [4.78, 5) is 26.0. The summed E-state index contributed by atoms with van der Waals surface area (Å²) in [7, 11) is 0. The highest BCUT2D eigenvalue weighted by Crippen LogP contribution is 2.16. The molecule has 0 aliphatic carbocycles. The molecule has 0 saturated carbocycles. The van der Waals surface area contributed by atoms with Crippen molar-refractivity contribution >= 4 is 11.9 Å². The van der Waals surface area contributed by atoms with Gasteiger partial charge in [0.1, 0.15) is 6.10 Å². The molecule has 0 aliphatic heterocycles. The number of ether oxygens (including phenoxy) is 1. The van der Waals surface area contributed by atoms with E-state index in [0.29, 0.717) is 19.3 Å². The maximum Gasteiger partial charge on any atom is 0.306 e. The lowest BCUT2D eigenvalue weighted by atomic mass is 10.0. The van der Waals surface area contributed by atoms with Crippen LogP contribution in [0.4, 0.5) is 0 Å². The van der Waals surface area contributed by atoms with Gasteiger partial charge >= 0.3 is 5.97 Å². The van der Waals surface area contributed by atoms with Crippen LogP contribution in [0, 0.1) is 0 Å². The standard InChI is InChI=1S/C52H91NO5/c1-4-7-10-13-16-19-22-23-24-25-26-27-30-33-36-39-42-45-52(57)58-48(43-40-37-34-31-28-20-17-14-11-8-5-2)46-51(56)53-49(47-54)50(55)44-41-38-35-32-29-21-18-15-12-9-6-3/h8,11,14,17,20,23-24,28,31,34,37,40,48-50,54-55H,4-7,9-10,12-13,15-16,18-19,21-22,25-27,29-30,32-33,35-36,38-39,41-47H2,1-3H3,(H,53,56)/b11-8+,17-14+,24-23+,28-20-,34-31-,40-37+. The van der Waals surface area contributed by atoms with Crippen LogP contribution in [-0.4, -0.2) is 46.9 Å². The Morgan fingerprint density at radius 1 is 0.534 bits per heavy atom. The average Bonchev–Trinajstić information content (AvgIpc) is 3.22. The normalized spacial score (nSPS) is 13.9. The van der Waals surface area contributed by atoms with Crippen molar-refractivity contribution in [3.63, 3.8) is 0 Å². The van der Waals surface area contributed by atoms with E-state index in [1.807, 2.05) is 54.7 Å². The zero-order valence-electron chi connectivity index (χ0n) is 37.9. The summed E-state index contributed by atoms with van der Waals surface area (Å²) in [6, 6.07) is -0.741. The van der Waals surface area contributed by atoms with Crippen LogP contribution in [0.15, 0.2) is 72.9 Å². The number of rotatable bonds is 42. The first kappa shape index (κ1) is 55.3.